The minimum atomic E-state index is -0.243. The van der Waals surface area contributed by atoms with Gasteiger partial charge in [0.15, 0.2) is 0 Å². The number of esters is 1. The molecule has 8 nitrogen and oxygen atoms in total. The lowest BCUT2D eigenvalue weighted by Crippen LogP contribution is -2.39. The van der Waals surface area contributed by atoms with E-state index in [1.165, 1.54) is 21.1 Å². The molecule has 0 bridgehead atoms. The van der Waals surface area contributed by atoms with Crippen LogP contribution in [0.3, 0.4) is 0 Å². The summed E-state index contributed by atoms with van der Waals surface area (Å²) in [5, 5.41) is 0. The zero-order valence-corrected chi connectivity index (χ0v) is 20.5. The lowest BCUT2D eigenvalue weighted by Gasteiger charge is -2.32. The summed E-state index contributed by atoms with van der Waals surface area (Å²) in [6.07, 6.45) is 4.53. The van der Waals surface area contributed by atoms with Crippen LogP contribution in [0.15, 0.2) is 28.0 Å². The number of carbonyl (C=O) groups excluding carboxylic acids is 2. The van der Waals surface area contributed by atoms with Crippen LogP contribution < -0.4 is 10.5 Å². The van der Waals surface area contributed by atoms with Crippen LogP contribution in [0.1, 0.15) is 37.8 Å². The Morgan fingerprint density at radius 3 is 2.67 bits per heavy atom. The summed E-state index contributed by atoms with van der Waals surface area (Å²) in [5.74, 6) is -0.0108. The van der Waals surface area contributed by atoms with Gasteiger partial charge in [-0.1, -0.05) is 30.0 Å². The Kier molecular flexibility index (Phi) is 6.85. The Bertz CT molecular complexity index is 1210. The van der Waals surface area contributed by atoms with Crippen LogP contribution in [0.4, 0.5) is 5.82 Å². The third kappa shape index (κ3) is 4.41. The van der Waals surface area contributed by atoms with Gasteiger partial charge in [-0.15, -0.1) is 0 Å². The molecule has 1 amide bonds. The average Bonchev–Trinajstić information content (AvgIpc) is 3.08. The molecule has 33 heavy (non-hydrogen) atoms. The fourth-order valence-corrected chi connectivity index (χ4v) is 5.52. The van der Waals surface area contributed by atoms with Crippen LogP contribution in [-0.2, 0) is 14.3 Å². The summed E-state index contributed by atoms with van der Waals surface area (Å²) in [6.45, 7) is 7.54. The van der Waals surface area contributed by atoms with E-state index in [1.807, 2.05) is 24.8 Å². The number of amides is 1. The molecule has 0 unspecified atom stereocenters. The highest BCUT2D eigenvalue weighted by molar-refractivity contribution is 8.26. The van der Waals surface area contributed by atoms with E-state index in [0.29, 0.717) is 65.3 Å². The largest absolute Gasteiger partial charge is 0.466 e. The number of thiocarbonyl (C=S) groups is 1. The molecule has 10 heteroatoms. The van der Waals surface area contributed by atoms with Crippen molar-refractivity contribution in [2.24, 2.45) is 5.92 Å². The first kappa shape index (κ1) is 23.4. The molecule has 0 aromatic carbocycles. The maximum absolute atomic E-state index is 13.5. The number of aromatic nitrogens is 2. The Morgan fingerprint density at radius 1 is 1.30 bits per heavy atom. The maximum atomic E-state index is 13.5. The summed E-state index contributed by atoms with van der Waals surface area (Å²) in [6, 6.07) is 3.71. The quantitative estimate of drug-likeness (QED) is 0.362. The minimum Gasteiger partial charge on any atom is -0.466 e. The van der Waals surface area contributed by atoms with Crippen molar-refractivity contribution in [1.82, 2.24) is 14.3 Å². The molecule has 2 fully saturated rings. The number of nitrogens with zero attached hydrogens (tertiary/aromatic N) is 4. The van der Waals surface area contributed by atoms with Crippen LogP contribution in [0.2, 0.25) is 0 Å². The minimum absolute atomic E-state index is 0.159. The van der Waals surface area contributed by atoms with E-state index in [4.69, 9.17) is 21.9 Å². The van der Waals surface area contributed by atoms with Crippen molar-refractivity contribution in [3.63, 3.8) is 0 Å². The first-order valence-electron chi connectivity index (χ1n) is 11.0. The molecule has 4 rings (SSSR count). The van der Waals surface area contributed by atoms with Gasteiger partial charge in [0, 0.05) is 25.8 Å². The van der Waals surface area contributed by atoms with E-state index in [1.54, 1.807) is 25.3 Å². The van der Waals surface area contributed by atoms with Crippen LogP contribution in [0, 0.1) is 12.8 Å². The topological polar surface area (TPSA) is 84.2 Å². The number of hydrogen-bond acceptors (Lipinski definition) is 8. The molecule has 2 aromatic heterocycles. The summed E-state index contributed by atoms with van der Waals surface area (Å²) in [4.78, 5) is 47.3. The number of carbonyl (C=O) groups is 2. The van der Waals surface area contributed by atoms with Crippen LogP contribution in [0.5, 0.6) is 0 Å². The number of aryl methyl sites for hydroxylation is 1. The second-order valence-corrected chi connectivity index (χ2v) is 9.65. The van der Waals surface area contributed by atoms with Gasteiger partial charge >= 0.3 is 5.97 Å². The highest BCUT2D eigenvalue weighted by Crippen LogP contribution is 2.34. The van der Waals surface area contributed by atoms with Gasteiger partial charge in [-0.3, -0.25) is 23.7 Å². The van der Waals surface area contributed by atoms with Gasteiger partial charge in [0.25, 0.3) is 11.5 Å². The molecule has 0 N–H and O–H groups in total. The SMILES string of the molecule is CCOC(=O)C1CCN(c2nc3c(C)cccn3c(=O)c2/C=C2/SC(=S)N(CC)C2=O)CC1. The van der Waals surface area contributed by atoms with Crippen molar-refractivity contribution >= 4 is 57.7 Å². The molecule has 2 aromatic rings. The van der Waals surface area contributed by atoms with Gasteiger partial charge in [-0.2, -0.15) is 0 Å². The zero-order chi connectivity index (χ0) is 23.7. The molecule has 0 radical (unpaired) electrons. The predicted molar refractivity (Wildman–Crippen MR) is 133 cm³/mol. The van der Waals surface area contributed by atoms with E-state index < -0.39 is 0 Å². The molecular weight excluding hydrogens is 460 g/mol. The maximum Gasteiger partial charge on any atom is 0.309 e. The number of piperidine rings is 1. The van der Waals surface area contributed by atoms with Crippen molar-refractivity contribution in [1.29, 1.82) is 0 Å². The highest BCUT2D eigenvalue weighted by Gasteiger charge is 2.33. The van der Waals surface area contributed by atoms with Gasteiger partial charge in [-0.05, 0) is 51.3 Å². The Labute approximate surface area is 201 Å². The van der Waals surface area contributed by atoms with Crippen LogP contribution >= 0.6 is 24.0 Å². The van der Waals surface area contributed by atoms with E-state index in [0.717, 1.165) is 5.56 Å². The number of thioether (sulfide) groups is 1. The Morgan fingerprint density at radius 2 is 2.03 bits per heavy atom. The number of ether oxygens (including phenoxy) is 1. The fraction of sp³-hybridized carbons (Fsp3) is 0.435. The van der Waals surface area contributed by atoms with Crippen molar-refractivity contribution in [3.8, 4) is 0 Å². The van der Waals surface area contributed by atoms with Crippen molar-refractivity contribution in [2.75, 3.05) is 31.1 Å². The monoisotopic (exact) mass is 486 g/mol. The first-order valence-corrected chi connectivity index (χ1v) is 12.3. The zero-order valence-electron chi connectivity index (χ0n) is 18.9. The van der Waals surface area contributed by atoms with Crippen LogP contribution in [0.25, 0.3) is 11.7 Å². The molecular formula is C23H26N4O4S2. The molecule has 2 aliphatic rings. The lowest BCUT2D eigenvalue weighted by molar-refractivity contribution is -0.148. The van der Waals surface area contributed by atoms with E-state index in [-0.39, 0.29) is 23.4 Å². The Balaban J connectivity index is 1.78. The van der Waals surface area contributed by atoms with Gasteiger partial charge in [-0.25, -0.2) is 4.98 Å². The Hall–Kier alpha value is -2.72. The molecule has 0 aliphatic carbocycles. The second-order valence-electron chi connectivity index (χ2n) is 7.98. The number of likely N-dealkylation sites (N-methyl/N-ethyl adjacent to an activating group) is 1. The van der Waals surface area contributed by atoms with Gasteiger partial charge in [0.05, 0.1) is 23.0 Å². The molecule has 0 spiro atoms. The van der Waals surface area contributed by atoms with Gasteiger partial charge < -0.3 is 9.64 Å². The lowest BCUT2D eigenvalue weighted by atomic mass is 9.96. The third-order valence-corrected chi connectivity index (χ3v) is 7.32. The number of hydrogen-bond donors (Lipinski definition) is 0. The molecule has 2 saturated heterocycles. The van der Waals surface area contributed by atoms with Gasteiger partial charge in [0.2, 0.25) is 0 Å². The van der Waals surface area contributed by atoms with Crippen molar-refractivity contribution < 1.29 is 14.3 Å². The summed E-state index contributed by atoms with van der Waals surface area (Å²) >= 11 is 6.52. The smallest absolute Gasteiger partial charge is 0.309 e. The van der Waals surface area contributed by atoms with E-state index in [2.05, 4.69) is 0 Å². The molecule has 174 valence electrons. The average molecular weight is 487 g/mol. The predicted octanol–water partition coefficient (Wildman–Crippen LogP) is 3.00. The fourth-order valence-electron chi connectivity index (χ4n) is 4.16. The molecule has 4 heterocycles. The molecule has 2 aliphatic heterocycles. The van der Waals surface area contributed by atoms with Crippen molar-refractivity contribution in [2.45, 2.75) is 33.6 Å². The van der Waals surface area contributed by atoms with E-state index >= 15 is 0 Å². The molecule has 0 atom stereocenters. The first-order chi connectivity index (χ1) is 15.8. The number of rotatable bonds is 5. The second kappa shape index (κ2) is 9.64. The van der Waals surface area contributed by atoms with Crippen molar-refractivity contribution in [3.05, 3.63) is 44.7 Å². The number of pyridine rings is 1. The highest BCUT2D eigenvalue weighted by atomic mass is 32.2. The summed E-state index contributed by atoms with van der Waals surface area (Å²) < 4.78 is 7.17. The standard InChI is InChI=1S/C23H26N4O4S2/c1-4-26-21(29)17(33-23(26)32)13-16-19(24-18-14(3)7-6-10-27(18)20(16)28)25-11-8-15(9-12-25)22(30)31-5-2/h6-7,10,13,15H,4-5,8-9,11-12H2,1-3H3/b17-13+. The molecule has 0 saturated carbocycles. The van der Waals surface area contributed by atoms with Crippen LogP contribution in [-0.4, -0.2) is 56.7 Å². The van der Waals surface area contributed by atoms with Gasteiger partial charge in [0.1, 0.15) is 15.8 Å². The summed E-state index contributed by atoms with van der Waals surface area (Å²) in [7, 11) is 0. The summed E-state index contributed by atoms with van der Waals surface area (Å²) in [5.41, 5.74) is 1.56. The number of anilines is 1. The van der Waals surface area contributed by atoms with E-state index in [9.17, 15) is 14.4 Å². The number of fused-ring (bicyclic) bond motifs is 1. The normalized spacial score (nSPS) is 18.6. The third-order valence-electron chi connectivity index (χ3n) is 5.94.